The van der Waals surface area contributed by atoms with Crippen LogP contribution in [-0.2, 0) is 5.54 Å². The molecule has 0 atom stereocenters. The molecule has 1 heterocycles. The van der Waals surface area contributed by atoms with Crippen LogP contribution in [-0.4, -0.2) is 24.0 Å². The summed E-state index contributed by atoms with van der Waals surface area (Å²) in [4.78, 5) is 6.37. The van der Waals surface area contributed by atoms with E-state index in [1.807, 2.05) is 12.3 Å². The van der Waals surface area contributed by atoms with Gasteiger partial charge in [0.15, 0.2) is 0 Å². The molecule has 2 nitrogen and oxygen atoms in total. The van der Waals surface area contributed by atoms with Gasteiger partial charge >= 0.3 is 0 Å². The summed E-state index contributed by atoms with van der Waals surface area (Å²) in [6.45, 7) is 6.62. The van der Waals surface area contributed by atoms with Gasteiger partial charge in [-0.3, -0.25) is 4.98 Å². The van der Waals surface area contributed by atoms with Crippen molar-refractivity contribution in [2.75, 3.05) is 14.1 Å². The van der Waals surface area contributed by atoms with Gasteiger partial charge < -0.3 is 4.90 Å². The van der Waals surface area contributed by atoms with Crippen molar-refractivity contribution in [3.05, 3.63) is 53.9 Å². The molecule has 19 heavy (non-hydrogen) atoms. The van der Waals surface area contributed by atoms with Crippen molar-refractivity contribution in [2.45, 2.75) is 26.3 Å². The molecule has 0 aliphatic heterocycles. The Morgan fingerprint density at radius 2 is 1.95 bits per heavy atom. The van der Waals surface area contributed by atoms with Gasteiger partial charge in [0, 0.05) is 29.6 Å². The summed E-state index contributed by atoms with van der Waals surface area (Å²) in [6, 6.07) is 11.7. The quantitative estimate of drug-likeness (QED) is 0.830. The minimum absolute atomic E-state index is 0.0321. The van der Waals surface area contributed by atoms with E-state index in [9.17, 15) is 0 Å². The number of pyridine rings is 1. The molecule has 1 aromatic carbocycles. The van der Waals surface area contributed by atoms with Crippen LogP contribution in [0, 0.1) is 13.0 Å². The average Bonchev–Trinajstić information content (AvgIpc) is 2.39. The molecule has 99 valence electrons. The molecule has 0 aliphatic carbocycles. The van der Waals surface area contributed by atoms with Crippen molar-refractivity contribution in [2.24, 2.45) is 0 Å². The molecule has 0 unspecified atom stereocenters. The number of nitrogens with zero attached hydrogens (tertiary/aromatic N) is 2. The van der Waals surface area contributed by atoms with Crippen LogP contribution in [0.4, 0.5) is 0 Å². The smallest absolute Gasteiger partial charge is 0.0398 e. The van der Waals surface area contributed by atoms with Crippen LogP contribution < -0.4 is 0 Å². The van der Waals surface area contributed by atoms with Crippen molar-refractivity contribution in [3.8, 4) is 11.1 Å². The van der Waals surface area contributed by atoms with Gasteiger partial charge in [-0.25, -0.2) is 0 Å². The topological polar surface area (TPSA) is 16.1 Å². The van der Waals surface area contributed by atoms with Gasteiger partial charge in [-0.2, -0.15) is 0 Å². The maximum atomic E-state index is 4.14. The SMILES string of the molecule is Cc1cc(C(C)(C)N(C)C)ccc1-c1c[c]cnc1. The van der Waals surface area contributed by atoms with Gasteiger partial charge in [-0.1, -0.05) is 18.2 Å². The third kappa shape index (κ3) is 2.69. The first-order chi connectivity index (χ1) is 8.93. The summed E-state index contributed by atoms with van der Waals surface area (Å²) in [5, 5.41) is 0. The fourth-order valence-corrected chi connectivity index (χ4v) is 2.10. The van der Waals surface area contributed by atoms with Gasteiger partial charge in [-0.15, -0.1) is 0 Å². The lowest BCUT2D eigenvalue weighted by atomic mass is 9.89. The Hall–Kier alpha value is -1.67. The maximum Gasteiger partial charge on any atom is 0.0398 e. The highest BCUT2D eigenvalue weighted by atomic mass is 15.1. The molecule has 2 aromatic rings. The lowest BCUT2D eigenvalue weighted by Gasteiger charge is -2.33. The second kappa shape index (κ2) is 5.14. The predicted octanol–water partition coefficient (Wildman–Crippen LogP) is 3.65. The summed E-state index contributed by atoms with van der Waals surface area (Å²) in [7, 11) is 4.22. The second-order valence-electron chi connectivity index (χ2n) is 5.66. The minimum Gasteiger partial charge on any atom is -0.300 e. The number of aryl methyl sites for hydroxylation is 1. The maximum absolute atomic E-state index is 4.14. The Bertz CT molecular complexity index is 557. The number of benzene rings is 1. The zero-order valence-corrected chi connectivity index (χ0v) is 12.4. The fourth-order valence-electron chi connectivity index (χ4n) is 2.10. The van der Waals surface area contributed by atoms with Crippen molar-refractivity contribution in [3.63, 3.8) is 0 Å². The standard InChI is InChI=1S/C17H21N2/c1-13-11-15(17(2,3)19(4)5)8-9-16(13)14-7-6-10-18-12-14/h7-12H,1-5H3. The van der Waals surface area contributed by atoms with Crippen molar-refractivity contribution < 1.29 is 0 Å². The third-order valence-electron chi connectivity index (χ3n) is 3.96. The first-order valence-electron chi connectivity index (χ1n) is 6.53. The van der Waals surface area contributed by atoms with E-state index in [-0.39, 0.29) is 5.54 Å². The van der Waals surface area contributed by atoms with Crippen LogP contribution in [0.15, 0.2) is 36.7 Å². The van der Waals surface area contributed by atoms with E-state index in [0.29, 0.717) is 0 Å². The molecule has 0 bridgehead atoms. The van der Waals surface area contributed by atoms with Crippen LogP contribution in [0.25, 0.3) is 11.1 Å². The van der Waals surface area contributed by atoms with Crippen molar-refractivity contribution in [1.29, 1.82) is 0 Å². The highest BCUT2D eigenvalue weighted by Crippen LogP contribution is 2.30. The first kappa shape index (κ1) is 13.8. The van der Waals surface area contributed by atoms with E-state index in [0.717, 1.165) is 5.56 Å². The summed E-state index contributed by atoms with van der Waals surface area (Å²) in [6.07, 6.45) is 3.57. The molecular weight excluding hydrogens is 232 g/mol. The highest BCUT2D eigenvalue weighted by Gasteiger charge is 2.23. The van der Waals surface area contributed by atoms with Crippen molar-refractivity contribution >= 4 is 0 Å². The highest BCUT2D eigenvalue weighted by molar-refractivity contribution is 5.66. The molecule has 0 amide bonds. The minimum atomic E-state index is 0.0321. The van der Waals surface area contributed by atoms with Crippen LogP contribution in [0.3, 0.4) is 0 Å². The molecule has 0 saturated heterocycles. The summed E-state index contributed by atoms with van der Waals surface area (Å²) in [5.41, 5.74) is 4.97. The summed E-state index contributed by atoms with van der Waals surface area (Å²) in [5.74, 6) is 0. The normalized spacial score (nSPS) is 11.9. The lowest BCUT2D eigenvalue weighted by Crippen LogP contribution is -2.35. The number of hydrogen-bond acceptors (Lipinski definition) is 2. The van der Waals surface area contributed by atoms with Gasteiger partial charge in [-0.05, 0) is 57.6 Å². The average molecular weight is 253 g/mol. The Balaban J connectivity index is 2.44. The summed E-state index contributed by atoms with van der Waals surface area (Å²) >= 11 is 0. The Morgan fingerprint density at radius 1 is 1.21 bits per heavy atom. The zero-order chi connectivity index (χ0) is 14.0. The first-order valence-corrected chi connectivity index (χ1v) is 6.53. The van der Waals surface area contributed by atoms with Crippen LogP contribution >= 0.6 is 0 Å². The van der Waals surface area contributed by atoms with Gasteiger partial charge in [0.25, 0.3) is 0 Å². The third-order valence-corrected chi connectivity index (χ3v) is 3.96. The number of aromatic nitrogens is 1. The van der Waals surface area contributed by atoms with E-state index >= 15 is 0 Å². The molecular formula is C17H21N2. The molecule has 2 heteroatoms. The summed E-state index contributed by atoms with van der Waals surface area (Å²) < 4.78 is 0. The molecule has 0 saturated carbocycles. The molecule has 0 N–H and O–H groups in total. The van der Waals surface area contributed by atoms with Crippen molar-refractivity contribution in [1.82, 2.24) is 9.88 Å². The van der Waals surface area contributed by atoms with E-state index in [2.05, 4.69) is 69.0 Å². The fraction of sp³-hybridized carbons (Fsp3) is 0.353. The number of rotatable bonds is 3. The Labute approximate surface area is 116 Å². The molecule has 2 rings (SSSR count). The number of hydrogen-bond donors (Lipinski definition) is 0. The second-order valence-corrected chi connectivity index (χ2v) is 5.66. The Morgan fingerprint density at radius 3 is 2.47 bits per heavy atom. The predicted molar refractivity (Wildman–Crippen MR) is 80.0 cm³/mol. The zero-order valence-electron chi connectivity index (χ0n) is 12.4. The largest absolute Gasteiger partial charge is 0.300 e. The molecule has 0 aliphatic rings. The van der Waals surface area contributed by atoms with Gasteiger partial charge in [0.2, 0.25) is 0 Å². The molecule has 1 radical (unpaired) electrons. The van der Waals surface area contributed by atoms with Crippen LogP contribution in [0.5, 0.6) is 0 Å². The van der Waals surface area contributed by atoms with Crippen LogP contribution in [0.2, 0.25) is 0 Å². The monoisotopic (exact) mass is 253 g/mol. The molecule has 0 spiro atoms. The van der Waals surface area contributed by atoms with E-state index in [1.165, 1.54) is 16.7 Å². The molecule has 1 aromatic heterocycles. The Kier molecular flexibility index (Phi) is 3.72. The molecule has 0 fully saturated rings. The van der Waals surface area contributed by atoms with Gasteiger partial charge in [0.05, 0.1) is 0 Å². The van der Waals surface area contributed by atoms with E-state index < -0.39 is 0 Å². The van der Waals surface area contributed by atoms with E-state index in [1.54, 1.807) is 6.20 Å². The lowest BCUT2D eigenvalue weighted by molar-refractivity contribution is 0.197. The van der Waals surface area contributed by atoms with Gasteiger partial charge in [0.1, 0.15) is 0 Å². The van der Waals surface area contributed by atoms with E-state index in [4.69, 9.17) is 0 Å². The van der Waals surface area contributed by atoms with Crippen LogP contribution in [0.1, 0.15) is 25.0 Å².